The molecule has 0 atom stereocenters. The Morgan fingerprint density at radius 2 is 1.50 bits per heavy atom. The van der Waals surface area contributed by atoms with Crippen molar-refractivity contribution in [3.05, 3.63) is 103 Å². The number of aromatic nitrogens is 4. The zero-order chi connectivity index (χ0) is 20.6. The highest BCUT2D eigenvalue weighted by Gasteiger charge is 2.15. The number of pyridine rings is 1. The molecule has 0 aliphatic carbocycles. The Bertz CT molecular complexity index is 1040. The third-order valence-electron chi connectivity index (χ3n) is 4.90. The van der Waals surface area contributed by atoms with Crippen molar-refractivity contribution in [1.82, 2.24) is 20.2 Å². The first-order valence-corrected chi connectivity index (χ1v) is 9.96. The lowest BCUT2D eigenvalue weighted by molar-refractivity contribution is 0.815. The molecule has 2 heterocycles. The summed E-state index contributed by atoms with van der Waals surface area (Å²) in [7, 11) is 2.03. The average Bonchev–Trinajstić information content (AvgIpc) is 2.83. The van der Waals surface area contributed by atoms with Crippen LogP contribution in [-0.2, 0) is 13.0 Å². The number of anilines is 3. The largest absolute Gasteiger partial charge is 0.358 e. The molecule has 4 rings (SSSR count). The van der Waals surface area contributed by atoms with Gasteiger partial charge in [0.25, 0.3) is 5.95 Å². The number of hydrogen-bond donors (Lipinski definition) is 0. The summed E-state index contributed by atoms with van der Waals surface area (Å²) in [4.78, 5) is 13.1. The quantitative estimate of drug-likeness (QED) is 0.443. The molecule has 6 nitrogen and oxygen atoms in total. The topological polar surface area (TPSA) is 58.0 Å². The highest BCUT2D eigenvalue weighted by atomic mass is 15.3. The molecule has 0 amide bonds. The Hall–Kier alpha value is -3.80. The van der Waals surface area contributed by atoms with E-state index in [2.05, 4.69) is 49.2 Å². The Kier molecular flexibility index (Phi) is 6.25. The molecule has 0 fully saturated rings. The summed E-state index contributed by atoms with van der Waals surface area (Å²) in [5.41, 5.74) is 3.45. The number of rotatable bonds is 8. The van der Waals surface area contributed by atoms with E-state index in [1.807, 2.05) is 68.0 Å². The van der Waals surface area contributed by atoms with E-state index >= 15 is 0 Å². The summed E-state index contributed by atoms with van der Waals surface area (Å²) >= 11 is 0. The van der Waals surface area contributed by atoms with Crippen molar-refractivity contribution < 1.29 is 0 Å². The van der Waals surface area contributed by atoms with Crippen LogP contribution in [0.2, 0.25) is 0 Å². The van der Waals surface area contributed by atoms with E-state index in [0.29, 0.717) is 12.5 Å². The van der Waals surface area contributed by atoms with Crippen LogP contribution in [0.5, 0.6) is 0 Å². The molecule has 0 aliphatic heterocycles. The third-order valence-corrected chi connectivity index (χ3v) is 4.90. The van der Waals surface area contributed by atoms with Crippen molar-refractivity contribution in [2.45, 2.75) is 13.0 Å². The van der Waals surface area contributed by atoms with Crippen LogP contribution in [0.15, 0.2) is 91.4 Å². The smallest absolute Gasteiger partial charge is 0.252 e. The average molecular weight is 396 g/mol. The molecule has 0 spiro atoms. The first-order chi connectivity index (χ1) is 14.8. The van der Waals surface area contributed by atoms with Gasteiger partial charge in [-0.15, -0.1) is 5.10 Å². The van der Waals surface area contributed by atoms with Crippen molar-refractivity contribution in [3.8, 4) is 0 Å². The lowest BCUT2D eigenvalue weighted by Gasteiger charge is -2.24. The Morgan fingerprint density at radius 3 is 2.23 bits per heavy atom. The molecule has 30 heavy (non-hydrogen) atoms. The number of para-hydroxylation sites is 1. The molecule has 0 N–H and O–H groups in total. The summed E-state index contributed by atoms with van der Waals surface area (Å²) in [6.45, 7) is 1.49. The number of benzene rings is 2. The maximum atomic E-state index is 4.82. The van der Waals surface area contributed by atoms with E-state index in [1.54, 1.807) is 6.20 Å². The second-order valence-corrected chi connectivity index (χ2v) is 7.05. The Labute approximate surface area is 176 Å². The monoisotopic (exact) mass is 396 g/mol. The second kappa shape index (κ2) is 9.60. The Balaban J connectivity index is 1.57. The molecule has 0 unspecified atom stereocenters. The van der Waals surface area contributed by atoms with Gasteiger partial charge in [0.05, 0.1) is 12.7 Å². The highest BCUT2D eigenvalue weighted by Crippen LogP contribution is 2.25. The minimum absolute atomic E-state index is 0.582. The predicted octanol–water partition coefficient (Wildman–Crippen LogP) is 4.28. The maximum Gasteiger partial charge on any atom is 0.252 e. The van der Waals surface area contributed by atoms with Gasteiger partial charge in [-0.25, -0.2) is 0 Å². The van der Waals surface area contributed by atoms with E-state index in [0.717, 1.165) is 24.5 Å². The van der Waals surface area contributed by atoms with E-state index < -0.39 is 0 Å². The first-order valence-electron chi connectivity index (χ1n) is 9.96. The minimum atomic E-state index is 0.582. The summed E-state index contributed by atoms with van der Waals surface area (Å²) in [5.74, 6) is 1.38. The summed E-state index contributed by atoms with van der Waals surface area (Å²) in [6, 6.07) is 24.6. The fourth-order valence-electron chi connectivity index (χ4n) is 3.20. The lowest BCUT2D eigenvalue weighted by Crippen LogP contribution is -2.24. The number of likely N-dealkylation sites (N-methyl/N-ethyl adjacent to an activating group) is 1. The van der Waals surface area contributed by atoms with Crippen LogP contribution in [-0.4, -0.2) is 33.8 Å². The molecule has 0 bridgehead atoms. The van der Waals surface area contributed by atoms with Crippen LogP contribution >= 0.6 is 0 Å². The van der Waals surface area contributed by atoms with Gasteiger partial charge in [0, 0.05) is 31.7 Å². The zero-order valence-electron chi connectivity index (χ0n) is 17.0. The van der Waals surface area contributed by atoms with Crippen LogP contribution in [0.3, 0.4) is 0 Å². The normalized spacial score (nSPS) is 10.6. The van der Waals surface area contributed by atoms with E-state index in [-0.39, 0.29) is 0 Å². The number of nitrogens with zero attached hydrogens (tertiary/aromatic N) is 6. The van der Waals surface area contributed by atoms with Gasteiger partial charge >= 0.3 is 0 Å². The van der Waals surface area contributed by atoms with E-state index in [9.17, 15) is 0 Å². The van der Waals surface area contributed by atoms with Crippen LogP contribution in [0, 0.1) is 0 Å². The zero-order valence-corrected chi connectivity index (χ0v) is 17.0. The summed E-state index contributed by atoms with van der Waals surface area (Å²) < 4.78 is 0. The SMILES string of the molecule is CN(CCc1ccncc1)c1cnnc(N(Cc2ccccc2)c2ccccc2)n1. The fourth-order valence-corrected chi connectivity index (χ4v) is 3.20. The molecule has 0 saturated heterocycles. The summed E-state index contributed by atoms with van der Waals surface area (Å²) in [5, 5.41) is 8.59. The Morgan fingerprint density at radius 1 is 0.800 bits per heavy atom. The molecule has 0 radical (unpaired) electrons. The molecule has 2 aromatic heterocycles. The van der Waals surface area contributed by atoms with Gasteiger partial charge in [0.15, 0.2) is 5.82 Å². The third kappa shape index (κ3) is 4.97. The van der Waals surface area contributed by atoms with Crippen LogP contribution < -0.4 is 9.80 Å². The second-order valence-electron chi connectivity index (χ2n) is 7.05. The summed E-state index contributed by atoms with van der Waals surface area (Å²) in [6.07, 6.45) is 6.26. The van der Waals surface area contributed by atoms with Crippen molar-refractivity contribution in [2.24, 2.45) is 0 Å². The van der Waals surface area contributed by atoms with Gasteiger partial charge < -0.3 is 9.80 Å². The van der Waals surface area contributed by atoms with E-state index in [1.165, 1.54) is 11.1 Å². The van der Waals surface area contributed by atoms with Gasteiger partial charge in [-0.3, -0.25) is 4.98 Å². The van der Waals surface area contributed by atoms with Gasteiger partial charge in [-0.05, 0) is 41.8 Å². The van der Waals surface area contributed by atoms with Crippen molar-refractivity contribution in [3.63, 3.8) is 0 Å². The minimum Gasteiger partial charge on any atom is -0.358 e. The molecule has 4 aromatic rings. The van der Waals surface area contributed by atoms with Crippen molar-refractivity contribution in [1.29, 1.82) is 0 Å². The number of hydrogen-bond acceptors (Lipinski definition) is 6. The van der Waals surface area contributed by atoms with Crippen LogP contribution in [0.1, 0.15) is 11.1 Å². The van der Waals surface area contributed by atoms with Crippen molar-refractivity contribution >= 4 is 17.5 Å². The van der Waals surface area contributed by atoms with Gasteiger partial charge in [0.1, 0.15) is 0 Å². The van der Waals surface area contributed by atoms with Gasteiger partial charge in [0.2, 0.25) is 0 Å². The highest BCUT2D eigenvalue weighted by molar-refractivity contribution is 5.58. The molecule has 0 aliphatic rings. The van der Waals surface area contributed by atoms with Crippen LogP contribution in [0.25, 0.3) is 0 Å². The fraction of sp³-hybridized carbons (Fsp3) is 0.167. The molecule has 2 aromatic carbocycles. The first kappa shape index (κ1) is 19.5. The van der Waals surface area contributed by atoms with Gasteiger partial charge in [-0.2, -0.15) is 10.1 Å². The molecular formula is C24H24N6. The lowest BCUT2D eigenvalue weighted by atomic mass is 10.2. The molecule has 6 heteroatoms. The van der Waals surface area contributed by atoms with Gasteiger partial charge in [-0.1, -0.05) is 48.5 Å². The molecular weight excluding hydrogens is 372 g/mol. The molecule has 150 valence electrons. The van der Waals surface area contributed by atoms with Crippen molar-refractivity contribution in [2.75, 3.05) is 23.4 Å². The molecule has 0 saturated carbocycles. The standard InChI is InChI=1S/C24H24N6/c1-29(17-14-20-12-15-25-16-13-20)23-18-26-28-24(27-23)30(22-10-6-3-7-11-22)19-21-8-4-2-5-9-21/h2-13,15-16,18H,14,17,19H2,1H3. The van der Waals surface area contributed by atoms with Crippen LogP contribution in [0.4, 0.5) is 17.5 Å². The maximum absolute atomic E-state index is 4.82. The predicted molar refractivity (Wildman–Crippen MR) is 120 cm³/mol. The van der Waals surface area contributed by atoms with E-state index in [4.69, 9.17) is 4.98 Å².